The first-order chi connectivity index (χ1) is 16.0. The molecule has 0 amide bonds. The van der Waals surface area contributed by atoms with Crippen molar-refractivity contribution in [3.63, 3.8) is 0 Å². The molecule has 184 valence electrons. The van der Waals surface area contributed by atoms with Gasteiger partial charge in [0.05, 0.1) is 0 Å². The van der Waals surface area contributed by atoms with Crippen molar-refractivity contribution in [2.24, 2.45) is 0 Å². The summed E-state index contributed by atoms with van der Waals surface area (Å²) in [6.45, 7) is 7.25. The van der Waals surface area contributed by atoms with E-state index in [-0.39, 0.29) is 6.29 Å². The predicted octanol–water partition coefficient (Wildman–Crippen LogP) is 1.79. The van der Waals surface area contributed by atoms with E-state index < -0.39 is 45.8 Å². The summed E-state index contributed by atoms with van der Waals surface area (Å²) in [5.41, 5.74) is -8.68. The van der Waals surface area contributed by atoms with Gasteiger partial charge in [0.2, 0.25) is 11.6 Å². The van der Waals surface area contributed by atoms with E-state index >= 15 is 0 Å². The lowest BCUT2D eigenvalue weighted by molar-refractivity contribution is -0.187. The molecule has 0 saturated carbocycles. The Morgan fingerprint density at radius 1 is 0.706 bits per heavy atom. The fourth-order valence-electron chi connectivity index (χ4n) is 2.95. The minimum absolute atomic E-state index is 0.0370. The van der Waals surface area contributed by atoms with Crippen LogP contribution < -0.4 is 0 Å². The summed E-state index contributed by atoms with van der Waals surface area (Å²) >= 11 is 0. The molecule has 2 aromatic carbocycles. The summed E-state index contributed by atoms with van der Waals surface area (Å²) in [5.74, 6) is -8.03. The molecule has 0 aliphatic rings. The average Bonchev–Trinajstić information content (AvgIpc) is 2.83. The minimum Gasteiger partial charge on any atom is -0.479 e. The first-order valence-electron chi connectivity index (χ1n) is 10.3. The van der Waals surface area contributed by atoms with Gasteiger partial charge < -0.3 is 29.9 Å². The maximum Gasteiger partial charge on any atom is 0.348 e. The van der Waals surface area contributed by atoms with Crippen LogP contribution in [0.3, 0.4) is 0 Å². The van der Waals surface area contributed by atoms with Crippen LogP contribution in [0.5, 0.6) is 0 Å². The summed E-state index contributed by atoms with van der Waals surface area (Å²) in [6, 6.07) is 12.8. The van der Waals surface area contributed by atoms with Crippen LogP contribution in [-0.4, -0.2) is 74.6 Å². The molecule has 2 unspecified atom stereocenters. The summed E-state index contributed by atoms with van der Waals surface area (Å²) in [7, 11) is 0. The van der Waals surface area contributed by atoms with E-state index in [1.807, 2.05) is 20.8 Å². The molecule has 2 rings (SSSR count). The second-order valence-electron chi connectivity index (χ2n) is 6.90. The number of aliphatic hydroxyl groups is 2. The molecule has 0 spiro atoms. The van der Waals surface area contributed by atoms with Gasteiger partial charge in [0.15, 0.2) is 6.29 Å². The summed E-state index contributed by atoms with van der Waals surface area (Å²) in [5, 5.41) is 39.9. The molecule has 34 heavy (non-hydrogen) atoms. The van der Waals surface area contributed by atoms with Crippen molar-refractivity contribution >= 4 is 23.5 Å². The Kier molecular flexibility index (Phi) is 10.7. The number of rotatable bonds is 11. The Labute approximate surface area is 196 Å². The Morgan fingerprint density at radius 3 is 1.24 bits per heavy atom. The zero-order valence-electron chi connectivity index (χ0n) is 19.0. The number of ketones is 2. The highest BCUT2D eigenvalue weighted by Gasteiger charge is 2.69. The van der Waals surface area contributed by atoms with Gasteiger partial charge in [0.25, 0.3) is 11.2 Å². The smallest absolute Gasteiger partial charge is 0.348 e. The molecule has 10 nitrogen and oxygen atoms in total. The lowest BCUT2D eigenvalue weighted by atomic mass is 9.73. The third kappa shape index (κ3) is 6.12. The van der Waals surface area contributed by atoms with Crippen molar-refractivity contribution in [1.82, 2.24) is 0 Å². The van der Waals surface area contributed by atoms with Crippen LogP contribution in [-0.2, 0) is 19.1 Å². The molecule has 0 fully saturated rings. The van der Waals surface area contributed by atoms with Crippen molar-refractivity contribution < 1.29 is 49.1 Å². The van der Waals surface area contributed by atoms with Crippen LogP contribution in [0.25, 0.3) is 0 Å². The first kappa shape index (κ1) is 28.6. The predicted molar refractivity (Wildman–Crippen MR) is 119 cm³/mol. The minimum atomic E-state index is -3.95. The van der Waals surface area contributed by atoms with Gasteiger partial charge >= 0.3 is 11.9 Å². The topological polar surface area (TPSA) is 168 Å². The van der Waals surface area contributed by atoms with Crippen LogP contribution in [0.2, 0.25) is 0 Å². The number of carboxylic acids is 2. The van der Waals surface area contributed by atoms with Gasteiger partial charge in [-0.15, -0.1) is 0 Å². The van der Waals surface area contributed by atoms with Crippen molar-refractivity contribution in [3.05, 3.63) is 71.8 Å². The van der Waals surface area contributed by atoms with E-state index in [0.717, 1.165) is 37.5 Å². The summed E-state index contributed by atoms with van der Waals surface area (Å²) in [6.07, 6.45) is -0.0370. The fraction of sp³-hybridized carbons (Fsp3) is 0.333. The van der Waals surface area contributed by atoms with Crippen molar-refractivity contribution in [2.75, 3.05) is 13.2 Å². The molecule has 10 heteroatoms. The van der Waals surface area contributed by atoms with Gasteiger partial charge in [0, 0.05) is 24.3 Å². The third-order valence-corrected chi connectivity index (χ3v) is 4.67. The normalized spacial score (nSPS) is 14.2. The van der Waals surface area contributed by atoms with E-state index in [1.54, 1.807) is 0 Å². The van der Waals surface area contributed by atoms with Crippen LogP contribution in [0.1, 0.15) is 41.5 Å². The number of Topliss-reactive ketones (excluding diaryl/α,β-unsaturated/α-hetero) is 2. The molecule has 0 radical (unpaired) electrons. The molecule has 2 aromatic rings. The SMILES string of the molecule is CCOC(C)OCC.O=C(O)C(O)(C(=O)c1ccccc1)C(O)(C(=O)O)C(=O)c1ccccc1. The maximum absolute atomic E-state index is 12.6. The number of carboxylic acid groups (broad SMARTS) is 2. The first-order valence-corrected chi connectivity index (χ1v) is 10.3. The zero-order chi connectivity index (χ0) is 25.9. The van der Waals surface area contributed by atoms with Gasteiger partial charge in [-0.25, -0.2) is 9.59 Å². The number of ether oxygens (including phenoxy) is 2. The molecule has 0 aromatic heterocycles. The van der Waals surface area contributed by atoms with E-state index in [9.17, 15) is 39.6 Å². The van der Waals surface area contributed by atoms with Gasteiger partial charge in [-0.3, -0.25) is 9.59 Å². The van der Waals surface area contributed by atoms with E-state index in [1.165, 1.54) is 36.4 Å². The van der Waals surface area contributed by atoms with E-state index in [0.29, 0.717) is 0 Å². The van der Waals surface area contributed by atoms with Gasteiger partial charge in [-0.1, -0.05) is 60.7 Å². The van der Waals surface area contributed by atoms with Crippen LogP contribution >= 0.6 is 0 Å². The largest absolute Gasteiger partial charge is 0.479 e. The highest BCUT2D eigenvalue weighted by molar-refractivity contribution is 6.28. The molecule has 0 saturated heterocycles. The van der Waals surface area contributed by atoms with Gasteiger partial charge in [-0.2, -0.15) is 0 Å². The molecule has 4 N–H and O–H groups in total. The Hall–Kier alpha value is -3.44. The average molecular weight is 476 g/mol. The molecule has 0 aliphatic carbocycles. The third-order valence-electron chi connectivity index (χ3n) is 4.67. The molecular formula is C24H28O10. The van der Waals surface area contributed by atoms with Crippen LogP contribution in [0.4, 0.5) is 0 Å². The Morgan fingerprint density at radius 2 is 1.00 bits per heavy atom. The monoisotopic (exact) mass is 476 g/mol. The molecule has 0 heterocycles. The number of hydrogen-bond acceptors (Lipinski definition) is 8. The second kappa shape index (κ2) is 12.7. The highest BCUT2D eigenvalue weighted by atomic mass is 16.7. The lowest BCUT2D eigenvalue weighted by Gasteiger charge is -2.34. The van der Waals surface area contributed by atoms with E-state index in [4.69, 9.17) is 9.47 Å². The number of benzene rings is 2. The molecule has 0 bridgehead atoms. The number of hydrogen-bond donors (Lipinski definition) is 4. The summed E-state index contributed by atoms with van der Waals surface area (Å²) in [4.78, 5) is 48.5. The lowest BCUT2D eigenvalue weighted by Crippen LogP contribution is -2.71. The van der Waals surface area contributed by atoms with Gasteiger partial charge in [-0.05, 0) is 20.8 Å². The maximum atomic E-state index is 12.6. The van der Waals surface area contributed by atoms with Crippen molar-refractivity contribution in [3.8, 4) is 0 Å². The van der Waals surface area contributed by atoms with Crippen molar-refractivity contribution in [2.45, 2.75) is 38.3 Å². The molecular weight excluding hydrogens is 448 g/mol. The Bertz CT molecular complexity index is 896. The zero-order valence-corrected chi connectivity index (χ0v) is 19.0. The molecule has 0 aliphatic heterocycles. The molecule has 2 atom stereocenters. The van der Waals surface area contributed by atoms with Crippen molar-refractivity contribution in [1.29, 1.82) is 0 Å². The Balaban J connectivity index is 0.000000620. The number of carbonyl (C=O) groups is 4. The fourth-order valence-corrected chi connectivity index (χ4v) is 2.95. The highest BCUT2D eigenvalue weighted by Crippen LogP contribution is 2.31. The van der Waals surface area contributed by atoms with Crippen LogP contribution in [0, 0.1) is 0 Å². The van der Waals surface area contributed by atoms with E-state index in [2.05, 4.69) is 0 Å². The van der Waals surface area contributed by atoms with Gasteiger partial charge in [0.1, 0.15) is 0 Å². The standard InChI is InChI=1S/C18H14O8.C6H14O2/c19-13(11-7-3-1-4-8-11)17(25,15(21)22)18(26,16(23)24)14(20)12-9-5-2-6-10-12;1-4-7-6(3)8-5-2/h1-10,25-26H,(H,21,22)(H,23,24);6H,4-5H2,1-3H3. The summed E-state index contributed by atoms with van der Waals surface area (Å²) < 4.78 is 10.1. The number of aliphatic carboxylic acids is 2. The number of carbonyl (C=O) groups excluding carboxylic acids is 2. The quantitative estimate of drug-likeness (QED) is 0.213. The van der Waals surface area contributed by atoms with Crippen LogP contribution in [0.15, 0.2) is 60.7 Å². The second-order valence-corrected chi connectivity index (χ2v) is 6.90.